The van der Waals surface area contributed by atoms with E-state index >= 15 is 0 Å². The quantitative estimate of drug-likeness (QED) is 0.618. The average molecular weight is 317 g/mol. The van der Waals surface area contributed by atoms with E-state index in [1.807, 2.05) is 22.6 Å². The summed E-state index contributed by atoms with van der Waals surface area (Å²) in [7, 11) is 0. The summed E-state index contributed by atoms with van der Waals surface area (Å²) in [5.41, 5.74) is 0.744. The molecule has 0 spiro atoms. The fourth-order valence-corrected chi connectivity index (χ4v) is 1.50. The van der Waals surface area contributed by atoms with Crippen molar-refractivity contribution in [2.45, 2.75) is 13.1 Å². The number of hydrogen-bond donors (Lipinski definition) is 0. The Bertz CT molecular complexity index is 327. The Balaban J connectivity index is 2.68. The lowest BCUT2D eigenvalue weighted by Crippen LogP contribution is -2.19. The van der Waals surface area contributed by atoms with Gasteiger partial charge in [0.1, 0.15) is 3.70 Å². The predicted octanol–water partition coefficient (Wildman–Crippen LogP) is 2.94. The largest absolute Gasteiger partial charge is 0.481 e. The highest BCUT2D eigenvalue weighted by molar-refractivity contribution is 14.1. The maximum absolute atomic E-state index is 11.8. The topological polar surface area (TPSA) is 22.1 Å². The molecule has 14 heavy (non-hydrogen) atoms. The molecule has 0 aromatic carbocycles. The van der Waals surface area contributed by atoms with E-state index in [2.05, 4.69) is 9.72 Å². The summed E-state index contributed by atoms with van der Waals surface area (Å²) in [6.07, 6.45) is -4.31. The summed E-state index contributed by atoms with van der Waals surface area (Å²) in [5, 5.41) is 0. The summed E-state index contributed by atoms with van der Waals surface area (Å²) in [6.45, 7) is 0.476. The van der Waals surface area contributed by atoms with Crippen LogP contribution in [0.2, 0.25) is 0 Å². The minimum Gasteiger partial charge on any atom is -0.481 e. The van der Waals surface area contributed by atoms with Crippen LogP contribution >= 0.6 is 22.6 Å². The molecule has 0 bridgehead atoms. The summed E-state index contributed by atoms with van der Waals surface area (Å²) < 4.78 is 40.4. The molecule has 0 aliphatic heterocycles. The zero-order chi connectivity index (χ0) is 10.8. The van der Waals surface area contributed by atoms with Crippen LogP contribution in [0.5, 0.6) is 5.75 Å². The Labute approximate surface area is 92.6 Å². The maximum atomic E-state index is 11.8. The van der Waals surface area contributed by atoms with Gasteiger partial charge in [0, 0.05) is 5.69 Å². The third kappa shape index (κ3) is 3.69. The van der Waals surface area contributed by atoms with Crippen molar-refractivity contribution in [1.29, 1.82) is 0 Å². The second kappa shape index (κ2) is 4.33. The Morgan fingerprint density at radius 1 is 1.43 bits per heavy atom. The van der Waals surface area contributed by atoms with Gasteiger partial charge in [-0.2, -0.15) is 13.2 Å². The summed E-state index contributed by atoms with van der Waals surface area (Å²) >= 11 is 1.83. The van der Waals surface area contributed by atoms with E-state index < -0.39 is 12.8 Å². The van der Waals surface area contributed by atoms with Gasteiger partial charge in [-0.3, -0.25) is 0 Å². The van der Waals surface area contributed by atoms with Crippen LogP contribution in [0.15, 0.2) is 12.1 Å². The van der Waals surface area contributed by atoms with Gasteiger partial charge < -0.3 is 4.74 Å². The molecule has 1 aromatic rings. The van der Waals surface area contributed by atoms with Gasteiger partial charge in [-0.15, -0.1) is 0 Å². The molecule has 78 valence electrons. The SMILES string of the molecule is Cc1ccc(OCC(F)(F)F)c(I)n1. The number of ether oxygens (including phenoxy) is 1. The first-order valence-corrected chi connectivity index (χ1v) is 4.79. The van der Waals surface area contributed by atoms with Crippen LogP contribution in [0, 0.1) is 10.6 Å². The second-order valence-electron chi connectivity index (χ2n) is 2.65. The molecule has 0 saturated heterocycles. The van der Waals surface area contributed by atoms with Gasteiger partial charge >= 0.3 is 6.18 Å². The van der Waals surface area contributed by atoms with E-state index in [1.165, 1.54) is 6.07 Å². The highest BCUT2D eigenvalue weighted by Gasteiger charge is 2.28. The molecular weight excluding hydrogens is 310 g/mol. The number of alkyl halides is 3. The van der Waals surface area contributed by atoms with E-state index in [9.17, 15) is 13.2 Å². The van der Waals surface area contributed by atoms with Gasteiger partial charge in [0.05, 0.1) is 0 Å². The van der Waals surface area contributed by atoms with Gasteiger partial charge in [0.2, 0.25) is 0 Å². The summed E-state index contributed by atoms with van der Waals surface area (Å²) in [5.74, 6) is 0.161. The molecule has 1 heterocycles. The van der Waals surface area contributed by atoms with Crippen LogP contribution in [0.4, 0.5) is 13.2 Å². The second-order valence-corrected chi connectivity index (χ2v) is 3.67. The van der Waals surface area contributed by atoms with Crippen molar-refractivity contribution in [3.05, 3.63) is 21.5 Å². The van der Waals surface area contributed by atoms with Crippen LogP contribution < -0.4 is 4.74 Å². The molecule has 0 saturated carbocycles. The highest BCUT2D eigenvalue weighted by Crippen LogP contribution is 2.22. The molecule has 6 heteroatoms. The van der Waals surface area contributed by atoms with E-state index in [4.69, 9.17) is 0 Å². The van der Waals surface area contributed by atoms with Crippen molar-refractivity contribution in [3.8, 4) is 5.75 Å². The minimum atomic E-state index is -4.31. The minimum absolute atomic E-state index is 0.161. The van der Waals surface area contributed by atoms with Crippen LogP contribution in [0.1, 0.15) is 5.69 Å². The Morgan fingerprint density at radius 2 is 2.07 bits per heavy atom. The number of halogens is 4. The molecule has 0 unspecified atom stereocenters. The number of rotatable bonds is 2. The Hall–Kier alpha value is -0.530. The van der Waals surface area contributed by atoms with Crippen LogP contribution in [0.25, 0.3) is 0 Å². The lowest BCUT2D eigenvalue weighted by Gasteiger charge is -2.10. The molecule has 0 amide bonds. The lowest BCUT2D eigenvalue weighted by molar-refractivity contribution is -0.153. The van der Waals surface area contributed by atoms with Crippen molar-refractivity contribution in [2.24, 2.45) is 0 Å². The molecule has 0 radical (unpaired) electrons. The van der Waals surface area contributed by atoms with Gasteiger partial charge in [-0.25, -0.2) is 4.98 Å². The van der Waals surface area contributed by atoms with E-state index in [0.717, 1.165) is 5.69 Å². The number of nitrogens with zero attached hydrogens (tertiary/aromatic N) is 1. The van der Waals surface area contributed by atoms with Crippen molar-refractivity contribution in [3.63, 3.8) is 0 Å². The molecular formula is C8H7F3INO. The fraction of sp³-hybridized carbons (Fsp3) is 0.375. The van der Waals surface area contributed by atoms with E-state index in [0.29, 0.717) is 3.70 Å². The Morgan fingerprint density at radius 3 is 2.57 bits per heavy atom. The van der Waals surface area contributed by atoms with Gasteiger partial charge in [-0.05, 0) is 41.6 Å². The molecule has 2 nitrogen and oxygen atoms in total. The standard InChI is InChI=1S/C8H7F3INO/c1-5-2-3-6(7(12)13-5)14-4-8(9,10)11/h2-3H,4H2,1H3. The number of aromatic nitrogens is 1. The zero-order valence-corrected chi connectivity index (χ0v) is 9.39. The average Bonchev–Trinajstić information content (AvgIpc) is 2.00. The van der Waals surface area contributed by atoms with Crippen molar-refractivity contribution in [1.82, 2.24) is 4.98 Å². The summed E-state index contributed by atoms with van der Waals surface area (Å²) in [4.78, 5) is 3.97. The molecule has 0 fully saturated rings. The number of aryl methyl sites for hydroxylation is 1. The smallest absolute Gasteiger partial charge is 0.422 e. The monoisotopic (exact) mass is 317 g/mol. The predicted molar refractivity (Wildman–Crippen MR) is 53.2 cm³/mol. The maximum Gasteiger partial charge on any atom is 0.422 e. The van der Waals surface area contributed by atoms with E-state index in [-0.39, 0.29) is 5.75 Å². The third-order valence-electron chi connectivity index (χ3n) is 1.35. The summed E-state index contributed by atoms with van der Waals surface area (Å²) in [6, 6.07) is 3.09. The first kappa shape index (κ1) is 11.5. The number of hydrogen-bond acceptors (Lipinski definition) is 2. The van der Waals surface area contributed by atoms with Crippen molar-refractivity contribution >= 4 is 22.6 Å². The first-order valence-electron chi connectivity index (χ1n) is 3.71. The zero-order valence-electron chi connectivity index (χ0n) is 7.23. The molecule has 0 N–H and O–H groups in total. The number of pyridine rings is 1. The fourth-order valence-electron chi connectivity index (χ4n) is 0.779. The highest BCUT2D eigenvalue weighted by atomic mass is 127. The molecule has 1 rings (SSSR count). The Kier molecular flexibility index (Phi) is 3.57. The van der Waals surface area contributed by atoms with Crippen LogP contribution in [0.3, 0.4) is 0 Å². The molecule has 0 atom stereocenters. The van der Waals surface area contributed by atoms with E-state index in [1.54, 1.807) is 13.0 Å². The molecule has 0 aliphatic rings. The van der Waals surface area contributed by atoms with Crippen LogP contribution in [-0.2, 0) is 0 Å². The van der Waals surface area contributed by atoms with Gasteiger partial charge in [-0.1, -0.05) is 0 Å². The van der Waals surface area contributed by atoms with Gasteiger partial charge in [0.25, 0.3) is 0 Å². The third-order valence-corrected chi connectivity index (χ3v) is 2.12. The van der Waals surface area contributed by atoms with Crippen molar-refractivity contribution < 1.29 is 17.9 Å². The first-order chi connectivity index (χ1) is 6.38. The molecule has 0 aliphatic carbocycles. The van der Waals surface area contributed by atoms with Crippen LogP contribution in [-0.4, -0.2) is 17.8 Å². The molecule has 1 aromatic heterocycles. The van der Waals surface area contributed by atoms with Gasteiger partial charge in [0.15, 0.2) is 12.4 Å². The lowest BCUT2D eigenvalue weighted by atomic mass is 10.4. The van der Waals surface area contributed by atoms with Crippen molar-refractivity contribution in [2.75, 3.05) is 6.61 Å². The normalized spacial score (nSPS) is 11.5.